The molecule has 46 heavy (non-hydrogen) atoms. The van der Waals surface area contributed by atoms with Crippen LogP contribution in [0.2, 0.25) is 5.02 Å². The Kier molecular flexibility index (Phi) is 6.87. The minimum absolute atomic E-state index is 0.0204. The second-order valence-corrected chi connectivity index (χ2v) is 13.9. The maximum atomic E-state index is 17.1. The van der Waals surface area contributed by atoms with Crippen LogP contribution in [0.15, 0.2) is 12.1 Å². The van der Waals surface area contributed by atoms with E-state index in [1.54, 1.807) is 0 Å². The van der Waals surface area contributed by atoms with Crippen molar-refractivity contribution >= 4 is 54.7 Å². The van der Waals surface area contributed by atoms with E-state index >= 15 is 4.39 Å². The Labute approximate surface area is 270 Å². The fourth-order valence-electron chi connectivity index (χ4n) is 7.82. The Hall–Kier alpha value is -4.04. The van der Waals surface area contributed by atoms with Gasteiger partial charge in [-0.1, -0.05) is 17.7 Å². The van der Waals surface area contributed by atoms with Gasteiger partial charge in [0.25, 0.3) is 0 Å². The van der Waals surface area contributed by atoms with Gasteiger partial charge in [-0.15, -0.1) is 11.3 Å². The van der Waals surface area contributed by atoms with Crippen molar-refractivity contribution in [1.29, 1.82) is 10.5 Å². The van der Waals surface area contributed by atoms with Gasteiger partial charge in [-0.05, 0) is 43.9 Å². The number of hydrogen-bond acceptors (Lipinski definition) is 10. The van der Waals surface area contributed by atoms with E-state index in [4.69, 9.17) is 31.8 Å². The first-order valence-corrected chi connectivity index (χ1v) is 16.4. The maximum Gasteiger partial charge on any atom is 0.319 e. The van der Waals surface area contributed by atoms with Crippen molar-refractivity contribution in [2.75, 3.05) is 43.5 Å². The number of alkyl halides is 1. The molecule has 4 aliphatic heterocycles. The van der Waals surface area contributed by atoms with E-state index in [1.165, 1.54) is 12.1 Å². The normalized spacial score (nSPS) is 25.5. The van der Waals surface area contributed by atoms with Gasteiger partial charge in [0.05, 0.1) is 44.2 Å². The molecule has 2 aromatic carbocycles. The third-order valence-electron chi connectivity index (χ3n) is 9.96. The van der Waals surface area contributed by atoms with Gasteiger partial charge in [0.2, 0.25) is 0 Å². The minimum atomic E-state index is -0.952. The summed E-state index contributed by atoms with van der Waals surface area (Å²) in [5.41, 5.74) is 5.54. The molecule has 0 spiro atoms. The zero-order valence-corrected chi connectivity index (χ0v) is 26.0. The maximum absolute atomic E-state index is 17.1. The van der Waals surface area contributed by atoms with Gasteiger partial charge >= 0.3 is 6.01 Å². The van der Waals surface area contributed by atoms with Crippen LogP contribution in [0.4, 0.5) is 24.0 Å². The summed E-state index contributed by atoms with van der Waals surface area (Å²) >= 11 is 7.89. The number of nitriles is 2. The SMILES string of the molecule is N#Cc1c(N)sc2c(F)ccc(-c3c(Cl)c4c5c(nc(OC[C@@]67CCCN6C[C@H](F)C7)nc5c3F)N3CCC(C#N)C[C@H]3CO4)c12. The van der Waals surface area contributed by atoms with E-state index in [0.29, 0.717) is 38.2 Å². The van der Waals surface area contributed by atoms with E-state index in [9.17, 15) is 19.3 Å². The number of aromatic nitrogens is 2. The highest BCUT2D eigenvalue weighted by Gasteiger charge is 2.49. The average Bonchev–Trinajstić information content (AvgIpc) is 3.66. The zero-order valence-electron chi connectivity index (χ0n) is 24.5. The molecule has 3 saturated heterocycles. The smallest absolute Gasteiger partial charge is 0.319 e. The Balaban J connectivity index is 1.34. The van der Waals surface area contributed by atoms with Crippen molar-refractivity contribution in [2.24, 2.45) is 5.92 Å². The molecule has 236 valence electrons. The summed E-state index contributed by atoms with van der Waals surface area (Å²) in [5, 5.41) is 20.0. The van der Waals surface area contributed by atoms with Crippen molar-refractivity contribution in [3.63, 3.8) is 0 Å². The van der Waals surface area contributed by atoms with Gasteiger partial charge in [-0.2, -0.15) is 20.5 Å². The minimum Gasteiger partial charge on any atom is -0.489 e. The Bertz CT molecular complexity index is 2030. The topological polar surface area (TPSA) is 124 Å². The summed E-state index contributed by atoms with van der Waals surface area (Å²) in [6.07, 6.45) is 2.18. The van der Waals surface area contributed by atoms with Crippen molar-refractivity contribution in [1.82, 2.24) is 14.9 Å². The summed E-state index contributed by atoms with van der Waals surface area (Å²) in [6, 6.07) is 6.58. The highest BCUT2D eigenvalue weighted by molar-refractivity contribution is 7.23. The molecule has 3 fully saturated rings. The molecule has 8 rings (SSSR count). The number of thiophene rings is 1. The Morgan fingerprint density at radius 3 is 2.87 bits per heavy atom. The van der Waals surface area contributed by atoms with Gasteiger partial charge in [0.15, 0.2) is 11.6 Å². The summed E-state index contributed by atoms with van der Waals surface area (Å²) in [6.45, 7) is 1.89. The number of anilines is 2. The third-order valence-corrected chi connectivity index (χ3v) is 11.4. The van der Waals surface area contributed by atoms with Crippen LogP contribution >= 0.6 is 22.9 Å². The first kappa shape index (κ1) is 29.4. The molecule has 0 aliphatic carbocycles. The van der Waals surface area contributed by atoms with Crippen LogP contribution < -0.4 is 20.1 Å². The lowest BCUT2D eigenvalue weighted by atomic mass is 9.92. The summed E-state index contributed by atoms with van der Waals surface area (Å²) < 4.78 is 59.1. The molecule has 0 amide bonds. The molecule has 4 aliphatic rings. The standard InChI is InChI=1S/C32H27ClF3N7O2S/c33-24-22(18-2-3-20(35)28-21(18)19(11-38)29(39)46-28)25(36)26-23-27(24)44-13-17-8-15(10-37)4-7-43(17)30(23)41-31(40-26)45-14-32-5-1-6-42(32)12-16(34)9-32/h2-3,15-17H,1,4-9,12-14,39H2/t15?,16-,17+,32+/m1/s1. The number of benzene rings is 2. The fraction of sp³-hybridized carbons (Fsp3) is 0.438. The lowest BCUT2D eigenvalue weighted by Crippen LogP contribution is -2.45. The average molecular weight is 666 g/mol. The van der Waals surface area contributed by atoms with Gasteiger partial charge in [-0.25, -0.2) is 13.2 Å². The van der Waals surface area contributed by atoms with E-state index in [-0.39, 0.29) is 84.6 Å². The van der Waals surface area contributed by atoms with Crippen LogP contribution in [0.1, 0.15) is 37.7 Å². The summed E-state index contributed by atoms with van der Waals surface area (Å²) in [5.74, 6) is -1.09. The van der Waals surface area contributed by atoms with Crippen molar-refractivity contribution in [3.8, 4) is 35.0 Å². The molecule has 0 saturated carbocycles. The molecule has 2 N–H and O–H groups in total. The second kappa shape index (κ2) is 10.8. The Morgan fingerprint density at radius 1 is 1.22 bits per heavy atom. The number of fused-ring (bicyclic) bond motifs is 4. The van der Waals surface area contributed by atoms with Crippen molar-refractivity contribution in [3.05, 3.63) is 34.4 Å². The highest BCUT2D eigenvalue weighted by Crippen LogP contribution is 2.52. The lowest BCUT2D eigenvalue weighted by molar-refractivity contribution is 0.107. The lowest BCUT2D eigenvalue weighted by Gasteiger charge is -2.37. The third kappa shape index (κ3) is 4.29. The van der Waals surface area contributed by atoms with Crippen LogP contribution in [-0.2, 0) is 0 Å². The zero-order chi connectivity index (χ0) is 31.9. The van der Waals surface area contributed by atoms with E-state index in [1.807, 2.05) is 11.0 Å². The Morgan fingerprint density at radius 2 is 2.07 bits per heavy atom. The number of piperidine rings is 1. The van der Waals surface area contributed by atoms with Crippen LogP contribution in [-0.4, -0.2) is 65.5 Å². The van der Waals surface area contributed by atoms with Crippen LogP contribution in [0.5, 0.6) is 11.8 Å². The number of nitrogens with zero attached hydrogens (tertiary/aromatic N) is 6. The van der Waals surface area contributed by atoms with E-state index in [0.717, 1.165) is 30.7 Å². The van der Waals surface area contributed by atoms with Gasteiger partial charge in [0, 0.05) is 30.5 Å². The molecule has 4 aromatic rings. The molecule has 6 heterocycles. The predicted molar refractivity (Wildman–Crippen MR) is 168 cm³/mol. The van der Waals surface area contributed by atoms with Crippen molar-refractivity contribution < 1.29 is 22.6 Å². The van der Waals surface area contributed by atoms with E-state index < -0.39 is 23.3 Å². The predicted octanol–water partition coefficient (Wildman–Crippen LogP) is 6.35. The quantitative estimate of drug-likeness (QED) is 0.265. The summed E-state index contributed by atoms with van der Waals surface area (Å²) in [7, 11) is 0. The molecule has 2 aromatic heterocycles. The first-order chi connectivity index (χ1) is 22.2. The van der Waals surface area contributed by atoms with Crippen LogP contribution in [0, 0.1) is 40.2 Å². The first-order valence-electron chi connectivity index (χ1n) is 15.2. The molecule has 1 unspecified atom stereocenters. The number of hydrogen-bond donors (Lipinski definition) is 1. The second-order valence-electron chi connectivity index (χ2n) is 12.5. The van der Waals surface area contributed by atoms with Crippen LogP contribution in [0.3, 0.4) is 0 Å². The molecule has 14 heteroatoms. The largest absolute Gasteiger partial charge is 0.489 e. The number of rotatable bonds is 4. The fourth-order valence-corrected chi connectivity index (χ4v) is 9.10. The number of nitrogens with two attached hydrogens (primary N) is 1. The van der Waals surface area contributed by atoms with Crippen molar-refractivity contribution in [2.45, 2.75) is 49.9 Å². The van der Waals surface area contributed by atoms with Gasteiger partial charge in [0.1, 0.15) is 47.6 Å². The monoisotopic (exact) mass is 665 g/mol. The molecular formula is C32H27ClF3N7O2S. The molecule has 0 radical (unpaired) electrons. The molecular weight excluding hydrogens is 639 g/mol. The van der Waals surface area contributed by atoms with Gasteiger partial charge in [-0.3, -0.25) is 4.90 Å². The number of halogens is 4. The molecule has 9 nitrogen and oxygen atoms in total. The molecule has 4 atom stereocenters. The highest BCUT2D eigenvalue weighted by atomic mass is 35.5. The van der Waals surface area contributed by atoms with Gasteiger partial charge < -0.3 is 20.1 Å². The summed E-state index contributed by atoms with van der Waals surface area (Å²) in [4.78, 5) is 13.4. The number of nitrogen functional groups attached to an aromatic ring is 1. The van der Waals surface area contributed by atoms with E-state index in [2.05, 4.69) is 16.0 Å². The molecule has 0 bridgehead atoms. The number of ether oxygens (including phenoxy) is 2. The van der Waals surface area contributed by atoms with Crippen LogP contribution in [0.25, 0.3) is 32.1 Å².